The Kier molecular flexibility index (Phi) is 6.63. The molecule has 3 heterocycles. The third kappa shape index (κ3) is 5.52. The standard InChI is InChI=1S/C21H20N4O7S/c1-30-15-8-12(9-16-19(26)24-20(27)33-16)2-3-14(15)32-18-10-17(22-11-23-18)31-13-4-6-25(7-5-13)21(28)29/h2-3,8-11,13H,4-7H2,1H3,(H,28,29)(H,24,26,27). The highest BCUT2D eigenvalue weighted by atomic mass is 32.2. The summed E-state index contributed by atoms with van der Waals surface area (Å²) >= 11 is 0.833. The van der Waals surface area contributed by atoms with Crippen molar-refractivity contribution >= 4 is 35.1 Å². The van der Waals surface area contributed by atoms with Crippen molar-refractivity contribution in [1.29, 1.82) is 0 Å². The van der Waals surface area contributed by atoms with Crippen molar-refractivity contribution in [3.8, 4) is 23.3 Å². The van der Waals surface area contributed by atoms with Gasteiger partial charge in [-0.3, -0.25) is 14.9 Å². The maximum Gasteiger partial charge on any atom is 0.407 e. The van der Waals surface area contributed by atoms with Gasteiger partial charge < -0.3 is 24.2 Å². The van der Waals surface area contributed by atoms with Crippen molar-refractivity contribution in [1.82, 2.24) is 20.2 Å². The zero-order chi connectivity index (χ0) is 23.4. The van der Waals surface area contributed by atoms with Crippen LogP contribution in [0.4, 0.5) is 9.59 Å². The molecule has 1 aromatic carbocycles. The van der Waals surface area contributed by atoms with Crippen LogP contribution in [0.25, 0.3) is 6.08 Å². The molecule has 2 aliphatic heterocycles. The zero-order valence-electron chi connectivity index (χ0n) is 17.5. The molecule has 4 rings (SSSR count). The molecule has 0 atom stereocenters. The molecule has 2 aliphatic rings. The van der Waals surface area contributed by atoms with Gasteiger partial charge in [0, 0.05) is 25.9 Å². The van der Waals surface area contributed by atoms with Crippen molar-refractivity contribution in [3.63, 3.8) is 0 Å². The monoisotopic (exact) mass is 472 g/mol. The predicted molar refractivity (Wildman–Crippen MR) is 117 cm³/mol. The van der Waals surface area contributed by atoms with Gasteiger partial charge in [-0.15, -0.1) is 0 Å². The van der Waals surface area contributed by atoms with Crippen LogP contribution in [0.15, 0.2) is 35.5 Å². The predicted octanol–water partition coefficient (Wildman–Crippen LogP) is 3.12. The van der Waals surface area contributed by atoms with Crippen LogP contribution in [0.3, 0.4) is 0 Å². The summed E-state index contributed by atoms with van der Waals surface area (Å²) < 4.78 is 17.1. The molecular weight excluding hydrogens is 452 g/mol. The van der Waals surface area contributed by atoms with Crippen LogP contribution < -0.4 is 19.5 Å². The van der Waals surface area contributed by atoms with Crippen molar-refractivity contribution in [2.75, 3.05) is 20.2 Å². The first kappa shape index (κ1) is 22.4. The van der Waals surface area contributed by atoms with E-state index in [0.29, 0.717) is 53.8 Å². The maximum atomic E-state index is 11.7. The lowest BCUT2D eigenvalue weighted by molar-refractivity contribution is -0.115. The molecule has 0 radical (unpaired) electrons. The molecule has 2 saturated heterocycles. The first-order chi connectivity index (χ1) is 15.9. The van der Waals surface area contributed by atoms with Crippen LogP contribution in [0.5, 0.6) is 23.3 Å². The number of carboxylic acid groups (broad SMARTS) is 1. The first-order valence-corrected chi connectivity index (χ1v) is 10.8. The lowest BCUT2D eigenvalue weighted by Gasteiger charge is -2.29. The number of hydrogen-bond acceptors (Lipinski definition) is 9. The van der Waals surface area contributed by atoms with Gasteiger partial charge in [0.15, 0.2) is 11.5 Å². The molecule has 0 aliphatic carbocycles. The molecule has 12 heteroatoms. The van der Waals surface area contributed by atoms with Gasteiger partial charge in [0.05, 0.1) is 18.1 Å². The number of thioether (sulfide) groups is 1. The second-order valence-electron chi connectivity index (χ2n) is 7.15. The third-order valence-corrected chi connectivity index (χ3v) is 5.77. The summed E-state index contributed by atoms with van der Waals surface area (Å²) in [7, 11) is 1.48. The summed E-state index contributed by atoms with van der Waals surface area (Å²) in [4.78, 5) is 44.0. The minimum absolute atomic E-state index is 0.150. The number of nitrogens with one attached hydrogen (secondary N) is 1. The third-order valence-electron chi connectivity index (χ3n) is 4.96. The van der Waals surface area contributed by atoms with E-state index in [2.05, 4.69) is 15.3 Å². The van der Waals surface area contributed by atoms with Crippen LogP contribution in [0.1, 0.15) is 18.4 Å². The molecule has 2 aromatic rings. The van der Waals surface area contributed by atoms with Crippen molar-refractivity contribution < 1.29 is 33.7 Å². The van der Waals surface area contributed by atoms with E-state index in [1.807, 2.05) is 0 Å². The summed E-state index contributed by atoms with van der Waals surface area (Å²) in [6, 6.07) is 6.60. The Morgan fingerprint density at radius 2 is 1.94 bits per heavy atom. The average Bonchev–Trinajstić information content (AvgIpc) is 3.11. The van der Waals surface area contributed by atoms with E-state index in [1.54, 1.807) is 30.3 Å². The van der Waals surface area contributed by atoms with Crippen LogP contribution >= 0.6 is 11.8 Å². The van der Waals surface area contributed by atoms with E-state index in [-0.39, 0.29) is 12.0 Å². The number of aromatic nitrogens is 2. The zero-order valence-corrected chi connectivity index (χ0v) is 18.3. The number of methoxy groups -OCH3 is 1. The molecule has 33 heavy (non-hydrogen) atoms. The number of piperidine rings is 1. The largest absolute Gasteiger partial charge is 0.493 e. The van der Waals surface area contributed by atoms with Crippen LogP contribution in [0, 0.1) is 0 Å². The molecule has 2 N–H and O–H groups in total. The summed E-state index contributed by atoms with van der Waals surface area (Å²) in [6.07, 6.45) is 2.96. The fourth-order valence-corrected chi connectivity index (χ4v) is 4.00. The highest BCUT2D eigenvalue weighted by molar-refractivity contribution is 8.18. The van der Waals surface area contributed by atoms with Gasteiger partial charge in [-0.25, -0.2) is 14.8 Å². The Bertz CT molecular complexity index is 1120. The molecule has 3 amide bonds. The number of amides is 3. The molecule has 2 fully saturated rings. The normalized spacial score (nSPS) is 17.7. The van der Waals surface area contributed by atoms with Crippen molar-refractivity contribution in [2.45, 2.75) is 18.9 Å². The van der Waals surface area contributed by atoms with Gasteiger partial charge in [-0.05, 0) is 35.5 Å². The fraction of sp³-hybridized carbons (Fsp3) is 0.286. The number of ether oxygens (including phenoxy) is 3. The molecule has 0 spiro atoms. The van der Waals surface area contributed by atoms with Gasteiger partial charge in [-0.1, -0.05) is 6.07 Å². The van der Waals surface area contributed by atoms with Gasteiger partial charge in [-0.2, -0.15) is 0 Å². The number of carbonyl (C=O) groups excluding carboxylic acids is 2. The second-order valence-corrected chi connectivity index (χ2v) is 8.16. The van der Waals surface area contributed by atoms with Crippen molar-refractivity contribution in [3.05, 3.63) is 41.1 Å². The summed E-state index contributed by atoms with van der Waals surface area (Å²) in [5, 5.41) is 10.8. The molecule has 0 unspecified atom stereocenters. The summed E-state index contributed by atoms with van der Waals surface area (Å²) in [6.45, 7) is 0.810. The Labute approximate surface area is 192 Å². The highest BCUT2D eigenvalue weighted by Gasteiger charge is 2.25. The quantitative estimate of drug-likeness (QED) is 0.603. The maximum absolute atomic E-state index is 11.7. The van der Waals surface area contributed by atoms with Gasteiger partial charge in [0.2, 0.25) is 11.8 Å². The number of likely N-dealkylation sites (tertiary alicyclic amines) is 1. The van der Waals surface area contributed by atoms with E-state index >= 15 is 0 Å². The smallest absolute Gasteiger partial charge is 0.407 e. The SMILES string of the molecule is COc1cc(C=C2SC(=O)NC2=O)ccc1Oc1cc(OC2CCN(C(=O)O)CC2)ncn1. The van der Waals surface area contributed by atoms with E-state index in [9.17, 15) is 14.4 Å². The van der Waals surface area contributed by atoms with E-state index in [4.69, 9.17) is 19.3 Å². The van der Waals surface area contributed by atoms with Gasteiger partial charge in [0.25, 0.3) is 11.1 Å². The Morgan fingerprint density at radius 1 is 1.18 bits per heavy atom. The number of carbonyl (C=O) groups is 3. The fourth-order valence-electron chi connectivity index (χ4n) is 3.32. The Hall–Kier alpha value is -3.80. The Morgan fingerprint density at radius 3 is 2.61 bits per heavy atom. The van der Waals surface area contributed by atoms with Crippen molar-refractivity contribution in [2.24, 2.45) is 0 Å². The van der Waals surface area contributed by atoms with Gasteiger partial charge in [0.1, 0.15) is 12.4 Å². The van der Waals surface area contributed by atoms with Crippen LogP contribution in [-0.2, 0) is 4.79 Å². The molecular formula is C21H20N4O7S. The average molecular weight is 472 g/mol. The Balaban J connectivity index is 1.43. The van der Waals surface area contributed by atoms with E-state index < -0.39 is 17.2 Å². The van der Waals surface area contributed by atoms with Gasteiger partial charge >= 0.3 is 6.09 Å². The molecule has 11 nitrogen and oxygen atoms in total. The number of benzene rings is 1. The number of rotatable bonds is 6. The number of imide groups is 1. The molecule has 1 aromatic heterocycles. The topological polar surface area (TPSA) is 140 Å². The van der Waals surface area contributed by atoms with Crippen LogP contribution in [-0.4, -0.2) is 63.5 Å². The molecule has 0 saturated carbocycles. The second kappa shape index (κ2) is 9.77. The van der Waals surface area contributed by atoms with E-state index in [1.165, 1.54) is 18.3 Å². The summed E-state index contributed by atoms with van der Waals surface area (Å²) in [5.41, 5.74) is 0.658. The highest BCUT2D eigenvalue weighted by Crippen LogP contribution is 2.34. The lowest BCUT2D eigenvalue weighted by atomic mass is 10.1. The number of hydrogen-bond donors (Lipinski definition) is 2. The summed E-state index contributed by atoms with van der Waals surface area (Å²) in [5.74, 6) is 0.915. The number of nitrogens with zero attached hydrogens (tertiary/aromatic N) is 3. The minimum atomic E-state index is -0.930. The lowest BCUT2D eigenvalue weighted by Crippen LogP contribution is -2.41. The first-order valence-electron chi connectivity index (χ1n) is 9.98. The van der Waals surface area contributed by atoms with Crippen LogP contribution in [0.2, 0.25) is 0 Å². The van der Waals surface area contributed by atoms with E-state index in [0.717, 1.165) is 11.8 Å². The minimum Gasteiger partial charge on any atom is -0.493 e. The molecule has 172 valence electrons. The molecule has 0 bridgehead atoms.